The molecule has 0 unspecified atom stereocenters. The van der Waals surface area contributed by atoms with Gasteiger partial charge >= 0.3 is 0 Å². The first kappa shape index (κ1) is 11.0. The Morgan fingerprint density at radius 2 is 2.19 bits per heavy atom. The predicted molar refractivity (Wildman–Crippen MR) is 61.4 cm³/mol. The second-order valence-corrected chi connectivity index (χ2v) is 4.79. The molecule has 0 bridgehead atoms. The van der Waals surface area contributed by atoms with Crippen LogP contribution in [0, 0.1) is 19.7 Å². The van der Waals surface area contributed by atoms with Crippen molar-refractivity contribution in [3.05, 3.63) is 51.2 Å². The Labute approximate surface area is 96.8 Å². The number of rotatable bonds is 2. The second kappa shape index (κ2) is 4.14. The van der Waals surface area contributed by atoms with Crippen molar-refractivity contribution < 1.29 is 9.18 Å². The third-order valence-corrected chi connectivity index (χ3v) is 3.56. The van der Waals surface area contributed by atoms with Crippen molar-refractivity contribution in [3.8, 4) is 0 Å². The van der Waals surface area contributed by atoms with E-state index in [1.807, 2.05) is 13.8 Å². The highest BCUT2D eigenvalue weighted by Crippen LogP contribution is 2.23. The highest BCUT2D eigenvalue weighted by atomic mass is 32.1. The van der Waals surface area contributed by atoms with E-state index in [1.54, 1.807) is 6.07 Å². The second-order valence-electron chi connectivity index (χ2n) is 3.53. The summed E-state index contributed by atoms with van der Waals surface area (Å²) < 4.78 is 13.4. The number of carbonyl (C=O) groups excluding carboxylic acids is 1. The molecule has 4 heteroatoms. The summed E-state index contributed by atoms with van der Waals surface area (Å²) in [5, 5.41) is 0. The number of hydrogen-bond acceptors (Lipinski definition) is 3. The molecule has 0 aliphatic heterocycles. The van der Waals surface area contributed by atoms with Gasteiger partial charge in [0.25, 0.3) is 0 Å². The van der Waals surface area contributed by atoms with Crippen LogP contribution in [-0.4, -0.2) is 10.8 Å². The van der Waals surface area contributed by atoms with Crippen LogP contribution < -0.4 is 0 Å². The fourth-order valence-electron chi connectivity index (χ4n) is 1.38. The average molecular weight is 235 g/mol. The molecule has 0 spiro atoms. The van der Waals surface area contributed by atoms with Crippen molar-refractivity contribution in [2.24, 2.45) is 0 Å². The van der Waals surface area contributed by atoms with Crippen molar-refractivity contribution >= 4 is 17.1 Å². The van der Waals surface area contributed by atoms with E-state index in [0.717, 1.165) is 16.6 Å². The van der Waals surface area contributed by atoms with Gasteiger partial charge in [-0.3, -0.25) is 9.78 Å². The fourth-order valence-corrected chi connectivity index (χ4v) is 2.37. The normalized spacial score (nSPS) is 10.4. The van der Waals surface area contributed by atoms with Gasteiger partial charge in [0.15, 0.2) is 5.82 Å². The maximum absolute atomic E-state index is 13.4. The molecule has 0 radical (unpaired) electrons. The van der Waals surface area contributed by atoms with Gasteiger partial charge in [-0.25, -0.2) is 4.39 Å². The van der Waals surface area contributed by atoms with Crippen molar-refractivity contribution in [1.82, 2.24) is 4.98 Å². The number of nitrogens with zero attached hydrogens (tertiary/aromatic N) is 1. The molecule has 2 rings (SSSR count). The lowest BCUT2D eigenvalue weighted by Gasteiger charge is -1.98. The summed E-state index contributed by atoms with van der Waals surface area (Å²) in [7, 11) is 0. The molecule has 0 fully saturated rings. The van der Waals surface area contributed by atoms with Crippen LogP contribution in [0.15, 0.2) is 24.5 Å². The van der Waals surface area contributed by atoms with Gasteiger partial charge in [0.1, 0.15) is 0 Å². The van der Waals surface area contributed by atoms with Crippen LogP contribution in [0.4, 0.5) is 4.39 Å². The van der Waals surface area contributed by atoms with Crippen molar-refractivity contribution in [2.75, 3.05) is 0 Å². The highest BCUT2D eigenvalue weighted by Gasteiger charge is 2.16. The van der Waals surface area contributed by atoms with E-state index in [2.05, 4.69) is 4.98 Å². The molecule has 2 nitrogen and oxygen atoms in total. The summed E-state index contributed by atoms with van der Waals surface area (Å²) in [6, 6.07) is 3.20. The minimum atomic E-state index is -0.573. The Kier molecular flexibility index (Phi) is 2.83. The Hall–Kier alpha value is -1.55. The zero-order valence-electron chi connectivity index (χ0n) is 8.95. The van der Waals surface area contributed by atoms with Crippen LogP contribution in [-0.2, 0) is 0 Å². The summed E-state index contributed by atoms with van der Waals surface area (Å²) in [6.07, 6.45) is 2.48. The molecule has 0 N–H and O–H groups in total. The van der Waals surface area contributed by atoms with Gasteiger partial charge in [0.05, 0.1) is 16.6 Å². The van der Waals surface area contributed by atoms with Gasteiger partial charge in [-0.05, 0) is 31.5 Å². The number of pyridine rings is 1. The summed E-state index contributed by atoms with van der Waals surface area (Å²) in [6.45, 7) is 3.88. The van der Waals surface area contributed by atoms with Gasteiger partial charge in [0.2, 0.25) is 5.78 Å². The van der Waals surface area contributed by atoms with E-state index >= 15 is 0 Å². The molecule has 0 aromatic carbocycles. The molecule has 82 valence electrons. The number of aryl methyl sites for hydroxylation is 2. The number of halogens is 1. The third kappa shape index (κ3) is 1.88. The highest BCUT2D eigenvalue weighted by molar-refractivity contribution is 7.14. The quantitative estimate of drug-likeness (QED) is 0.748. The lowest BCUT2D eigenvalue weighted by Crippen LogP contribution is -2.02. The number of carbonyl (C=O) groups is 1. The molecule has 16 heavy (non-hydrogen) atoms. The maximum Gasteiger partial charge on any atom is 0.206 e. The molecule has 2 aromatic rings. The van der Waals surface area contributed by atoms with Crippen LogP contribution in [0.5, 0.6) is 0 Å². The van der Waals surface area contributed by atoms with E-state index in [1.165, 1.54) is 23.6 Å². The monoisotopic (exact) mass is 235 g/mol. The molecule has 0 atom stereocenters. The van der Waals surface area contributed by atoms with Crippen LogP contribution in [0.2, 0.25) is 0 Å². The van der Waals surface area contributed by atoms with Crippen LogP contribution in [0.25, 0.3) is 0 Å². The zero-order valence-corrected chi connectivity index (χ0v) is 9.77. The minimum Gasteiger partial charge on any atom is -0.288 e. The predicted octanol–water partition coefficient (Wildman–Crippen LogP) is 3.13. The van der Waals surface area contributed by atoms with Crippen molar-refractivity contribution in [2.45, 2.75) is 13.8 Å². The number of aromatic nitrogens is 1. The molecule has 0 amide bonds. The number of hydrogen-bond donors (Lipinski definition) is 0. The SMILES string of the molecule is Cc1cc(C(=O)c2ccncc2F)sc1C. The summed E-state index contributed by atoms with van der Waals surface area (Å²) in [4.78, 5) is 17.2. The molecule has 2 heterocycles. The van der Waals surface area contributed by atoms with Crippen LogP contribution >= 0.6 is 11.3 Å². The van der Waals surface area contributed by atoms with Gasteiger partial charge < -0.3 is 0 Å². The molecule has 0 saturated heterocycles. The Bertz CT molecular complexity index is 528. The first-order valence-corrected chi connectivity index (χ1v) is 5.62. The van der Waals surface area contributed by atoms with Crippen LogP contribution in [0.3, 0.4) is 0 Å². The van der Waals surface area contributed by atoms with Crippen LogP contribution in [0.1, 0.15) is 25.7 Å². The fraction of sp³-hybridized carbons (Fsp3) is 0.167. The van der Waals surface area contributed by atoms with E-state index in [-0.39, 0.29) is 11.3 Å². The number of ketones is 1. The molecular formula is C12H10FNOS. The van der Waals surface area contributed by atoms with Gasteiger partial charge in [-0.2, -0.15) is 0 Å². The average Bonchev–Trinajstić information content (AvgIpc) is 2.59. The zero-order chi connectivity index (χ0) is 11.7. The molecule has 0 saturated carbocycles. The molecule has 0 aliphatic carbocycles. The van der Waals surface area contributed by atoms with E-state index in [4.69, 9.17) is 0 Å². The van der Waals surface area contributed by atoms with Gasteiger partial charge in [-0.1, -0.05) is 0 Å². The Morgan fingerprint density at radius 3 is 2.75 bits per heavy atom. The van der Waals surface area contributed by atoms with E-state index in [0.29, 0.717) is 4.88 Å². The Morgan fingerprint density at radius 1 is 1.44 bits per heavy atom. The molecule has 2 aromatic heterocycles. The smallest absolute Gasteiger partial charge is 0.206 e. The molecule has 0 aliphatic rings. The van der Waals surface area contributed by atoms with Crippen molar-refractivity contribution in [1.29, 1.82) is 0 Å². The lowest BCUT2D eigenvalue weighted by molar-refractivity contribution is 0.103. The van der Waals surface area contributed by atoms with Gasteiger partial charge in [-0.15, -0.1) is 11.3 Å². The largest absolute Gasteiger partial charge is 0.288 e. The molecular weight excluding hydrogens is 225 g/mol. The number of thiophene rings is 1. The first-order chi connectivity index (χ1) is 7.59. The van der Waals surface area contributed by atoms with Gasteiger partial charge in [0, 0.05) is 11.1 Å². The lowest BCUT2D eigenvalue weighted by atomic mass is 10.1. The summed E-state index contributed by atoms with van der Waals surface area (Å²) in [5.41, 5.74) is 1.14. The maximum atomic E-state index is 13.4. The standard InChI is InChI=1S/C12H10FNOS/c1-7-5-11(16-8(7)2)12(15)9-3-4-14-6-10(9)13/h3-6H,1-2H3. The van der Waals surface area contributed by atoms with Crippen molar-refractivity contribution in [3.63, 3.8) is 0 Å². The summed E-state index contributed by atoms with van der Waals surface area (Å²) in [5.74, 6) is -0.850. The van der Waals surface area contributed by atoms with E-state index < -0.39 is 5.82 Å². The minimum absolute atomic E-state index is 0.0799. The topological polar surface area (TPSA) is 30.0 Å². The first-order valence-electron chi connectivity index (χ1n) is 4.81. The van der Waals surface area contributed by atoms with E-state index in [9.17, 15) is 9.18 Å². The summed E-state index contributed by atoms with van der Waals surface area (Å²) >= 11 is 1.39. The third-order valence-electron chi connectivity index (χ3n) is 2.41. The Balaban J connectivity index is 2.43.